The Kier molecular flexibility index (Phi) is 6.46. The highest BCUT2D eigenvalue weighted by Crippen LogP contribution is 2.32. The van der Waals surface area contributed by atoms with E-state index in [0.717, 1.165) is 31.6 Å². The van der Waals surface area contributed by atoms with Crippen LogP contribution in [0.25, 0.3) is 0 Å². The predicted molar refractivity (Wildman–Crippen MR) is 84.0 cm³/mol. The first-order valence-corrected chi connectivity index (χ1v) is 8.95. The van der Waals surface area contributed by atoms with Crippen molar-refractivity contribution >= 4 is 11.8 Å². The maximum atomic E-state index is 5.59. The summed E-state index contributed by atoms with van der Waals surface area (Å²) in [6.07, 6.45) is 3.76. The number of ether oxygens (including phenoxy) is 1. The van der Waals surface area contributed by atoms with Gasteiger partial charge in [-0.15, -0.1) is 0 Å². The molecule has 112 valence electrons. The summed E-state index contributed by atoms with van der Waals surface area (Å²) in [4.78, 5) is 2.72. The van der Waals surface area contributed by atoms with Gasteiger partial charge in [-0.2, -0.15) is 11.8 Å². The van der Waals surface area contributed by atoms with Crippen LogP contribution in [0.2, 0.25) is 0 Å². The van der Waals surface area contributed by atoms with Crippen LogP contribution < -0.4 is 5.32 Å². The molecule has 2 fully saturated rings. The molecular weight excluding hydrogens is 256 g/mol. The van der Waals surface area contributed by atoms with Crippen molar-refractivity contribution in [3.05, 3.63) is 0 Å². The molecule has 19 heavy (non-hydrogen) atoms. The van der Waals surface area contributed by atoms with Crippen LogP contribution >= 0.6 is 11.8 Å². The molecule has 2 aliphatic heterocycles. The van der Waals surface area contributed by atoms with Gasteiger partial charge in [-0.3, -0.25) is 0 Å². The predicted octanol–water partition coefficient (Wildman–Crippen LogP) is 2.22. The summed E-state index contributed by atoms with van der Waals surface area (Å²) in [5.74, 6) is 1.31. The molecule has 2 rings (SSSR count). The lowest BCUT2D eigenvalue weighted by atomic mass is 9.79. The third kappa shape index (κ3) is 4.62. The maximum absolute atomic E-state index is 5.59. The zero-order valence-electron chi connectivity index (χ0n) is 12.6. The maximum Gasteiger partial charge on any atom is 0.0472 e. The quantitative estimate of drug-likeness (QED) is 0.809. The highest BCUT2D eigenvalue weighted by molar-refractivity contribution is 8.00. The molecule has 0 amide bonds. The van der Waals surface area contributed by atoms with E-state index in [1.165, 1.54) is 44.6 Å². The van der Waals surface area contributed by atoms with Crippen LogP contribution in [-0.2, 0) is 4.74 Å². The van der Waals surface area contributed by atoms with Gasteiger partial charge in [-0.1, -0.05) is 13.8 Å². The van der Waals surface area contributed by atoms with Crippen molar-refractivity contribution in [3.8, 4) is 0 Å². The molecule has 1 atom stereocenters. The van der Waals surface area contributed by atoms with Gasteiger partial charge in [0.25, 0.3) is 0 Å². The third-order valence-corrected chi connectivity index (χ3v) is 5.91. The molecule has 2 aliphatic rings. The Bertz CT molecular complexity index is 257. The van der Waals surface area contributed by atoms with Crippen molar-refractivity contribution < 1.29 is 4.74 Å². The SMILES string of the molecule is CCNCC1(CN2CCSC(CC)C2)CCOCC1. The van der Waals surface area contributed by atoms with Gasteiger partial charge < -0.3 is 15.0 Å². The number of thioether (sulfide) groups is 1. The van der Waals surface area contributed by atoms with Crippen molar-refractivity contribution in [1.29, 1.82) is 0 Å². The van der Waals surface area contributed by atoms with Crippen LogP contribution in [0, 0.1) is 5.41 Å². The van der Waals surface area contributed by atoms with Gasteiger partial charge in [0, 0.05) is 50.4 Å². The Labute approximate surface area is 122 Å². The van der Waals surface area contributed by atoms with Crippen molar-refractivity contribution in [3.63, 3.8) is 0 Å². The molecule has 0 saturated carbocycles. The molecule has 1 unspecified atom stereocenters. The fourth-order valence-electron chi connectivity index (χ4n) is 3.23. The summed E-state index contributed by atoms with van der Waals surface area (Å²) in [6.45, 7) is 12.5. The summed E-state index contributed by atoms with van der Waals surface area (Å²) in [6, 6.07) is 0. The van der Waals surface area contributed by atoms with E-state index in [2.05, 4.69) is 35.8 Å². The van der Waals surface area contributed by atoms with E-state index in [1.807, 2.05) is 0 Å². The topological polar surface area (TPSA) is 24.5 Å². The van der Waals surface area contributed by atoms with E-state index in [1.54, 1.807) is 0 Å². The average molecular weight is 286 g/mol. The van der Waals surface area contributed by atoms with Gasteiger partial charge in [0.15, 0.2) is 0 Å². The number of nitrogens with one attached hydrogen (secondary N) is 1. The van der Waals surface area contributed by atoms with E-state index in [4.69, 9.17) is 4.74 Å². The summed E-state index contributed by atoms with van der Waals surface area (Å²) < 4.78 is 5.59. The Balaban J connectivity index is 1.90. The molecule has 0 aromatic heterocycles. The van der Waals surface area contributed by atoms with Gasteiger partial charge >= 0.3 is 0 Å². The molecule has 0 radical (unpaired) electrons. The monoisotopic (exact) mass is 286 g/mol. The van der Waals surface area contributed by atoms with Crippen LogP contribution in [0.1, 0.15) is 33.1 Å². The first-order chi connectivity index (χ1) is 9.28. The summed E-state index contributed by atoms with van der Waals surface area (Å²) in [7, 11) is 0. The number of hydrogen-bond donors (Lipinski definition) is 1. The normalized spacial score (nSPS) is 28.4. The molecule has 2 heterocycles. The lowest BCUT2D eigenvalue weighted by Gasteiger charge is -2.43. The lowest BCUT2D eigenvalue weighted by molar-refractivity contribution is -0.00368. The van der Waals surface area contributed by atoms with Gasteiger partial charge in [-0.05, 0) is 31.2 Å². The van der Waals surface area contributed by atoms with Crippen molar-refractivity contribution in [1.82, 2.24) is 10.2 Å². The largest absolute Gasteiger partial charge is 0.381 e. The second-order valence-electron chi connectivity index (χ2n) is 6.03. The molecule has 0 aromatic rings. The smallest absolute Gasteiger partial charge is 0.0472 e. The fourth-order valence-corrected chi connectivity index (χ4v) is 4.48. The van der Waals surface area contributed by atoms with Gasteiger partial charge in [0.1, 0.15) is 0 Å². The Hall–Kier alpha value is 0.230. The van der Waals surface area contributed by atoms with E-state index in [0.29, 0.717) is 5.41 Å². The molecule has 0 aromatic carbocycles. The highest BCUT2D eigenvalue weighted by Gasteiger charge is 2.35. The van der Waals surface area contributed by atoms with E-state index >= 15 is 0 Å². The van der Waals surface area contributed by atoms with Crippen LogP contribution in [0.5, 0.6) is 0 Å². The Morgan fingerprint density at radius 1 is 1.32 bits per heavy atom. The lowest BCUT2D eigenvalue weighted by Crippen LogP contribution is -2.50. The highest BCUT2D eigenvalue weighted by atomic mass is 32.2. The second-order valence-corrected chi connectivity index (χ2v) is 7.44. The molecule has 0 spiro atoms. The van der Waals surface area contributed by atoms with Crippen LogP contribution in [-0.4, -0.2) is 61.8 Å². The Morgan fingerprint density at radius 3 is 2.79 bits per heavy atom. The summed E-state index contributed by atoms with van der Waals surface area (Å²) in [5.41, 5.74) is 0.453. The molecule has 3 nitrogen and oxygen atoms in total. The molecule has 2 saturated heterocycles. The first kappa shape index (κ1) is 15.6. The summed E-state index contributed by atoms with van der Waals surface area (Å²) in [5, 5.41) is 4.44. The third-order valence-electron chi connectivity index (χ3n) is 4.54. The van der Waals surface area contributed by atoms with Crippen LogP contribution in [0.15, 0.2) is 0 Å². The molecule has 0 bridgehead atoms. The van der Waals surface area contributed by atoms with Gasteiger partial charge in [-0.25, -0.2) is 0 Å². The Morgan fingerprint density at radius 2 is 2.11 bits per heavy atom. The van der Waals surface area contributed by atoms with Gasteiger partial charge in [0.2, 0.25) is 0 Å². The minimum atomic E-state index is 0.453. The van der Waals surface area contributed by atoms with Gasteiger partial charge in [0.05, 0.1) is 0 Å². The van der Waals surface area contributed by atoms with E-state index < -0.39 is 0 Å². The first-order valence-electron chi connectivity index (χ1n) is 7.90. The second kappa shape index (κ2) is 7.87. The summed E-state index contributed by atoms with van der Waals surface area (Å²) >= 11 is 2.16. The van der Waals surface area contributed by atoms with Crippen molar-refractivity contribution in [2.75, 3.05) is 51.7 Å². The number of nitrogens with zero attached hydrogens (tertiary/aromatic N) is 1. The molecule has 4 heteroatoms. The number of rotatable bonds is 6. The minimum absolute atomic E-state index is 0.453. The zero-order valence-corrected chi connectivity index (χ0v) is 13.4. The van der Waals surface area contributed by atoms with Crippen molar-refractivity contribution in [2.24, 2.45) is 5.41 Å². The molecule has 1 N–H and O–H groups in total. The number of hydrogen-bond acceptors (Lipinski definition) is 4. The van der Waals surface area contributed by atoms with Crippen LogP contribution in [0.4, 0.5) is 0 Å². The van der Waals surface area contributed by atoms with Crippen molar-refractivity contribution in [2.45, 2.75) is 38.4 Å². The van der Waals surface area contributed by atoms with E-state index in [-0.39, 0.29) is 0 Å². The average Bonchev–Trinajstić information content (AvgIpc) is 2.46. The molecular formula is C15H30N2OS. The van der Waals surface area contributed by atoms with E-state index in [9.17, 15) is 0 Å². The van der Waals surface area contributed by atoms with Crippen LogP contribution in [0.3, 0.4) is 0 Å². The standard InChI is InChI=1S/C15H30N2OS/c1-3-14-11-17(7-10-19-14)13-15(12-16-4-2)5-8-18-9-6-15/h14,16H,3-13H2,1-2H3. The molecule has 0 aliphatic carbocycles. The zero-order chi connectivity index (χ0) is 13.6. The fraction of sp³-hybridized carbons (Fsp3) is 1.00. The minimum Gasteiger partial charge on any atom is -0.381 e.